The quantitative estimate of drug-likeness (QED) is 0.396. The first-order valence-corrected chi connectivity index (χ1v) is 10.2. The van der Waals surface area contributed by atoms with Gasteiger partial charge in [-0.1, -0.05) is 42.5 Å². The number of fused-ring (bicyclic) bond motifs is 1. The third-order valence-corrected chi connectivity index (χ3v) is 5.63. The van der Waals surface area contributed by atoms with Gasteiger partial charge in [0, 0.05) is 6.42 Å². The maximum Gasteiger partial charge on any atom is 0.416 e. The topological polar surface area (TPSA) is 66.0 Å². The van der Waals surface area contributed by atoms with E-state index >= 15 is 0 Å². The Kier molecular flexibility index (Phi) is 4.92. The van der Waals surface area contributed by atoms with Crippen LogP contribution < -0.4 is 10.6 Å². The van der Waals surface area contributed by atoms with Crippen LogP contribution in [0.1, 0.15) is 29.2 Å². The van der Waals surface area contributed by atoms with Crippen molar-refractivity contribution in [3.05, 3.63) is 106 Å². The van der Waals surface area contributed by atoms with E-state index in [1.54, 1.807) is 29.3 Å². The van der Waals surface area contributed by atoms with Crippen molar-refractivity contribution in [2.75, 3.05) is 5.01 Å². The smallest absolute Gasteiger partial charge is 0.416 e. The molecular weight excluding hydrogens is 433 g/mol. The van der Waals surface area contributed by atoms with Crippen LogP contribution in [0.25, 0.3) is 11.0 Å². The zero-order chi connectivity index (χ0) is 23.2. The van der Waals surface area contributed by atoms with Crippen molar-refractivity contribution in [2.45, 2.75) is 18.6 Å². The zero-order valence-electron chi connectivity index (χ0n) is 17.1. The Hall–Kier alpha value is -4.07. The predicted octanol–water partition coefficient (Wildman–Crippen LogP) is 5.87. The largest absolute Gasteiger partial charge is 0.506 e. The van der Waals surface area contributed by atoms with Gasteiger partial charge in [-0.2, -0.15) is 18.3 Å². The molecule has 0 aliphatic carbocycles. The van der Waals surface area contributed by atoms with Crippen molar-refractivity contribution in [3.8, 4) is 5.75 Å². The van der Waals surface area contributed by atoms with E-state index in [0.29, 0.717) is 22.3 Å². The summed E-state index contributed by atoms with van der Waals surface area (Å²) in [5.74, 6) is -0.235. The van der Waals surface area contributed by atoms with Gasteiger partial charge in [-0.05, 0) is 42.0 Å². The lowest BCUT2D eigenvalue weighted by Gasteiger charge is -2.24. The molecule has 4 aromatic rings. The van der Waals surface area contributed by atoms with Gasteiger partial charge in [0.2, 0.25) is 0 Å². The lowest BCUT2D eigenvalue weighted by atomic mass is 9.97. The Morgan fingerprint density at radius 3 is 2.30 bits per heavy atom. The number of para-hydroxylation sites is 2. The normalized spacial score (nSPS) is 16.3. The van der Waals surface area contributed by atoms with Crippen LogP contribution >= 0.6 is 0 Å². The highest BCUT2D eigenvalue weighted by molar-refractivity contribution is 6.07. The van der Waals surface area contributed by atoms with Crippen molar-refractivity contribution in [1.29, 1.82) is 0 Å². The molecule has 0 fully saturated rings. The number of hydrazone groups is 1. The summed E-state index contributed by atoms with van der Waals surface area (Å²) in [6.07, 6.45) is -4.25. The molecule has 0 amide bonds. The second-order valence-electron chi connectivity index (χ2n) is 7.68. The van der Waals surface area contributed by atoms with E-state index in [2.05, 4.69) is 5.10 Å². The Morgan fingerprint density at radius 1 is 0.939 bits per heavy atom. The number of benzene rings is 3. The highest BCUT2D eigenvalue weighted by Crippen LogP contribution is 2.39. The number of aromatic hydroxyl groups is 1. The fourth-order valence-corrected chi connectivity index (χ4v) is 4.02. The van der Waals surface area contributed by atoms with Crippen LogP contribution in [0.4, 0.5) is 18.9 Å². The summed E-state index contributed by atoms with van der Waals surface area (Å²) in [6, 6.07) is 20.1. The fraction of sp³-hybridized carbons (Fsp3) is 0.120. The van der Waals surface area contributed by atoms with Crippen LogP contribution in [0, 0.1) is 0 Å². The average Bonchev–Trinajstić information content (AvgIpc) is 3.24. The summed E-state index contributed by atoms with van der Waals surface area (Å²) in [6.45, 7) is 0. The van der Waals surface area contributed by atoms with Crippen LogP contribution in [0.2, 0.25) is 0 Å². The van der Waals surface area contributed by atoms with Crippen LogP contribution in [0.3, 0.4) is 0 Å². The summed E-state index contributed by atoms with van der Waals surface area (Å²) in [5.41, 5.74) is 0.305. The number of nitrogens with zero attached hydrogens (tertiary/aromatic N) is 2. The second kappa shape index (κ2) is 7.81. The molecule has 0 saturated heterocycles. The molecule has 2 heterocycles. The minimum atomic E-state index is -4.44. The standard InChI is InChI=1S/C25H17F3N2O3/c26-25(27,28)16-12-10-15(11-13-16)20-14-19(29-30(20)17-6-2-1-3-7-17)22-23(31)18-8-4-5-9-21(18)33-24(22)32/h1-13,20,31H,14H2. The van der Waals surface area contributed by atoms with E-state index in [9.17, 15) is 23.1 Å². The van der Waals surface area contributed by atoms with E-state index in [0.717, 1.165) is 12.1 Å². The van der Waals surface area contributed by atoms with Crippen molar-refractivity contribution in [3.63, 3.8) is 0 Å². The van der Waals surface area contributed by atoms with Crippen LogP contribution in [-0.2, 0) is 6.18 Å². The molecule has 0 bridgehead atoms. The zero-order valence-corrected chi connectivity index (χ0v) is 17.1. The van der Waals surface area contributed by atoms with Crippen molar-refractivity contribution < 1.29 is 22.7 Å². The minimum absolute atomic E-state index is 0.0518. The molecule has 1 aliphatic heterocycles. The van der Waals surface area contributed by atoms with Gasteiger partial charge in [-0.25, -0.2) is 4.79 Å². The summed E-state index contributed by atoms with van der Waals surface area (Å²) < 4.78 is 44.5. The maximum absolute atomic E-state index is 13.0. The van der Waals surface area contributed by atoms with Crippen LogP contribution in [-0.4, -0.2) is 10.8 Å². The number of hydrogen-bond donors (Lipinski definition) is 1. The van der Waals surface area contributed by atoms with Crippen molar-refractivity contribution >= 4 is 22.4 Å². The summed E-state index contributed by atoms with van der Waals surface area (Å²) in [7, 11) is 0. The molecule has 5 nitrogen and oxygen atoms in total. The Labute approximate surface area is 186 Å². The third kappa shape index (κ3) is 3.73. The Balaban J connectivity index is 1.61. The Morgan fingerprint density at radius 2 is 1.61 bits per heavy atom. The first kappa shape index (κ1) is 20.8. The fourth-order valence-electron chi connectivity index (χ4n) is 4.02. The molecule has 0 saturated carbocycles. The molecule has 5 rings (SSSR count). The molecule has 8 heteroatoms. The SMILES string of the molecule is O=c1oc2ccccc2c(O)c1C1=NN(c2ccccc2)C(c2ccc(C(F)(F)F)cc2)C1. The number of hydrogen-bond acceptors (Lipinski definition) is 5. The molecule has 3 aromatic carbocycles. The minimum Gasteiger partial charge on any atom is -0.506 e. The summed E-state index contributed by atoms with van der Waals surface area (Å²) in [4.78, 5) is 12.7. The molecule has 1 N–H and O–H groups in total. The maximum atomic E-state index is 13.0. The highest BCUT2D eigenvalue weighted by atomic mass is 19.4. The lowest BCUT2D eigenvalue weighted by molar-refractivity contribution is -0.137. The Bertz CT molecular complexity index is 1410. The van der Waals surface area contributed by atoms with Crippen LogP contribution in [0.15, 0.2) is 93.2 Å². The van der Waals surface area contributed by atoms with Gasteiger partial charge in [-0.3, -0.25) is 5.01 Å². The van der Waals surface area contributed by atoms with Gasteiger partial charge in [0.25, 0.3) is 0 Å². The summed E-state index contributed by atoms with van der Waals surface area (Å²) >= 11 is 0. The average molecular weight is 450 g/mol. The first-order valence-electron chi connectivity index (χ1n) is 10.2. The number of halogens is 3. The molecule has 1 unspecified atom stereocenters. The van der Waals surface area contributed by atoms with Crippen molar-refractivity contribution in [1.82, 2.24) is 0 Å². The van der Waals surface area contributed by atoms with E-state index < -0.39 is 23.4 Å². The van der Waals surface area contributed by atoms with E-state index in [1.807, 2.05) is 30.3 Å². The van der Waals surface area contributed by atoms with Gasteiger partial charge in [-0.15, -0.1) is 0 Å². The first-order chi connectivity index (χ1) is 15.8. The molecule has 0 spiro atoms. The lowest BCUT2D eigenvalue weighted by Crippen LogP contribution is -2.19. The van der Waals surface area contributed by atoms with Crippen LogP contribution in [0.5, 0.6) is 5.75 Å². The molecule has 1 atom stereocenters. The highest BCUT2D eigenvalue weighted by Gasteiger charge is 2.35. The van der Waals surface area contributed by atoms with Gasteiger partial charge in [0.15, 0.2) is 0 Å². The summed E-state index contributed by atoms with van der Waals surface area (Å²) in [5, 5.41) is 17.5. The van der Waals surface area contributed by atoms with Gasteiger partial charge >= 0.3 is 11.8 Å². The molecule has 1 aromatic heterocycles. The van der Waals surface area contributed by atoms with E-state index in [4.69, 9.17) is 4.42 Å². The molecule has 1 aliphatic rings. The molecule has 0 radical (unpaired) electrons. The van der Waals surface area contributed by atoms with Gasteiger partial charge in [0.05, 0.1) is 28.4 Å². The second-order valence-corrected chi connectivity index (χ2v) is 7.68. The predicted molar refractivity (Wildman–Crippen MR) is 118 cm³/mol. The monoisotopic (exact) mass is 450 g/mol. The van der Waals surface area contributed by atoms with Gasteiger partial charge < -0.3 is 9.52 Å². The molecule has 33 heavy (non-hydrogen) atoms. The number of rotatable bonds is 3. The molecular formula is C25H17F3N2O3. The number of alkyl halides is 3. The molecule has 166 valence electrons. The van der Waals surface area contributed by atoms with Gasteiger partial charge in [0.1, 0.15) is 16.9 Å². The number of anilines is 1. The third-order valence-electron chi connectivity index (χ3n) is 5.63. The van der Waals surface area contributed by atoms with E-state index in [-0.39, 0.29) is 23.3 Å². The van der Waals surface area contributed by atoms with Crippen molar-refractivity contribution in [2.24, 2.45) is 5.10 Å². The van der Waals surface area contributed by atoms with E-state index in [1.165, 1.54) is 12.1 Å².